The molecule has 5 rings (SSSR count). The standard InChI is InChI=1S/C20H26ClNO/c21-16-3-4-19-17(13-16)20(7-10-23-19)5-8-22(9-6-20)18-12-14-1-2-15(18)11-14/h3-4,13-15,18H,1-2,5-12H2/t14-,15?,18-/m1/s1. The van der Waals surface area contributed by atoms with E-state index in [0.717, 1.165) is 41.7 Å². The third kappa shape index (κ3) is 2.33. The number of hydrogen-bond acceptors (Lipinski definition) is 2. The molecule has 0 N–H and O–H groups in total. The molecule has 124 valence electrons. The molecule has 1 spiro atoms. The molecule has 2 saturated carbocycles. The Kier molecular flexibility index (Phi) is 3.42. The second-order valence-corrected chi connectivity index (χ2v) is 8.73. The van der Waals surface area contributed by atoms with Gasteiger partial charge in [-0.1, -0.05) is 18.0 Å². The summed E-state index contributed by atoms with van der Waals surface area (Å²) in [5, 5.41) is 0.851. The van der Waals surface area contributed by atoms with Gasteiger partial charge in [0.25, 0.3) is 0 Å². The zero-order valence-corrected chi connectivity index (χ0v) is 14.5. The lowest BCUT2D eigenvalue weighted by Crippen LogP contribution is -2.49. The van der Waals surface area contributed by atoms with Crippen LogP contribution in [0.4, 0.5) is 0 Å². The van der Waals surface area contributed by atoms with E-state index in [9.17, 15) is 0 Å². The van der Waals surface area contributed by atoms with Crippen LogP contribution in [0, 0.1) is 11.8 Å². The zero-order chi connectivity index (χ0) is 15.4. The first-order chi connectivity index (χ1) is 11.2. The van der Waals surface area contributed by atoms with Crippen LogP contribution in [0.5, 0.6) is 5.75 Å². The summed E-state index contributed by atoms with van der Waals surface area (Å²) in [6, 6.07) is 7.10. The van der Waals surface area contributed by atoms with Crippen LogP contribution in [0.1, 0.15) is 50.5 Å². The number of benzene rings is 1. The van der Waals surface area contributed by atoms with E-state index in [2.05, 4.69) is 17.0 Å². The topological polar surface area (TPSA) is 12.5 Å². The van der Waals surface area contributed by atoms with Crippen molar-refractivity contribution in [3.05, 3.63) is 28.8 Å². The van der Waals surface area contributed by atoms with Crippen LogP contribution >= 0.6 is 11.6 Å². The van der Waals surface area contributed by atoms with Crippen LogP contribution in [-0.4, -0.2) is 30.6 Å². The van der Waals surface area contributed by atoms with Gasteiger partial charge in [0.2, 0.25) is 0 Å². The van der Waals surface area contributed by atoms with E-state index in [4.69, 9.17) is 16.3 Å². The molecule has 1 aromatic carbocycles. The van der Waals surface area contributed by atoms with Gasteiger partial charge in [-0.05, 0) is 81.6 Å². The Morgan fingerprint density at radius 3 is 2.70 bits per heavy atom. The van der Waals surface area contributed by atoms with Gasteiger partial charge in [-0.15, -0.1) is 0 Å². The van der Waals surface area contributed by atoms with Crippen LogP contribution in [0.25, 0.3) is 0 Å². The number of nitrogens with zero attached hydrogens (tertiary/aromatic N) is 1. The molecule has 2 aliphatic carbocycles. The Balaban J connectivity index is 1.36. The molecule has 3 fully saturated rings. The fourth-order valence-corrected chi connectivity index (χ4v) is 6.17. The number of fused-ring (bicyclic) bond motifs is 4. The van der Waals surface area contributed by atoms with Crippen molar-refractivity contribution >= 4 is 11.6 Å². The van der Waals surface area contributed by atoms with E-state index in [0.29, 0.717) is 5.41 Å². The van der Waals surface area contributed by atoms with Gasteiger partial charge in [0.1, 0.15) is 5.75 Å². The molecule has 2 nitrogen and oxygen atoms in total. The van der Waals surface area contributed by atoms with Gasteiger partial charge in [0.15, 0.2) is 0 Å². The SMILES string of the molecule is Clc1ccc2c(c1)C1(CCO2)CCN([C@@H]2C[C@@H]3CCC2C3)CC1. The summed E-state index contributed by atoms with van der Waals surface area (Å²) in [6.07, 6.45) is 9.69. The van der Waals surface area contributed by atoms with Crippen molar-refractivity contribution in [3.8, 4) is 5.75 Å². The number of likely N-dealkylation sites (tertiary alicyclic amines) is 1. The van der Waals surface area contributed by atoms with Crippen molar-refractivity contribution in [2.75, 3.05) is 19.7 Å². The quantitative estimate of drug-likeness (QED) is 0.743. The molecule has 0 amide bonds. The Labute approximate surface area is 144 Å². The van der Waals surface area contributed by atoms with Crippen molar-refractivity contribution in [3.63, 3.8) is 0 Å². The lowest BCUT2D eigenvalue weighted by molar-refractivity contribution is 0.0659. The highest BCUT2D eigenvalue weighted by atomic mass is 35.5. The lowest BCUT2D eigenvalue weighted by Gasteiger charge is -2.47. The molecule has 1 aromatic rings. The molecule has 2 bridgehead atoms. The first-order valence-corrected chi connectivity index (χ1v) is 9.78. The maximum absolute atomic E-state index is 6.29. The van der Waals surface area contributed by atoms with Crippen LogP contribution in [0.3, 0.4) is 0 Å². The summed E-state index contributed by atoms with van der Waals surface area (Å²) < 4.78 is 5.90. The first kappa shape index (κ1) is 14.6. The van der Waals surface area contributed by atoms with E-state index in [-0.39, 0.29) is 0 Å². The Morgan fingerprint density at radius 1 is 1.09 bits per heavy atom. The maximum atomic E-state index is 6.29. The summed E-state index contributed by atoms with van der Waals surface area (Å²) >= 11 is 6.29. The number of ether oxygens (including phenoxy) is 1. The van der Waals surface area contributed by atoms with Crippen molar-refractivity contribution in [1.82, 2.24) is 4.90 Å². The van der Waals surface area contributed by atoms with Crippen LogP contribution in [0.2, 0.25) is 5.02 Å². The maximum Gasteiger partial charge on any atom is 0.123 e. The summed E-state index contributed by atoms with van der Waals surface area (Å²) in [6.45, 7) is 3.39. The predicted octanol–water partition coefficient (Wildman–Crippen LogP) is 4.64. The minimum Gasteiger partial charge on any atom is -0.493 e. The molecule has 2 heterocycles. The molecule has 1 unspecified atom stereocenters. The van der Waals surface area contributed by atoms with E-state index in [1.807, 2.05) is 6.07 Å². The van der Waals surface area contributed by atoms with Gasteiger partial charge in [-0.3, -0.25) is 0 Å². The molecule has 3 heteroatoms. The third-order valence-corrected chi connectivity index (χ3v) is 7.51. The number of rotatable bonds is 1. The lowest BCUT2D eigenvalue weighted by atomic mass is 9.69. The van der Waals surface area contributed by atoms with Gasteiger partial charge in [-0.25, -0.2) is 0 Å². The van der Waals surface area contributed by atoms with Crippen molar-refractivity contribution in [1.29, 1.82) is 0 Å². The Bertz CT molecular complexity index is 608. The van der Waals surface area contributed by atoms with Crippen LogP contribution < -0.4 is 4.74 Å². The van der Waals surface area contributed by atoms with Gasteiger partial charge in [0.05, 0.1) is 6.61 Å². The van der Waals surface area contributed by atoms with Gasteiger partial charge < -0.3 is 9.64 Å². The second kappa shape index (κ2) is 5.39. The van der Waals surface area contributed by atoms with Gasteiger partial charge in [0, 0.05) is 22.0 Å². The number of hydrogen-bond donors (Lipinski definition) is 0. The minimum absolute atomic E-state index is 0.312. The summed E-state index contributed by atoms with van der Waals surface area (Å²) in [5.74, 6) is 3.13. The average Bonchev–Trinajstić information content (AvgIpc) is 3.20. The normalized spacial score (nSPS) is 35.3. The van der Waals surface area contributed by atoms with Crippen LogP contribution in [-0.2, 0) is 5.41 Å². The van der Waals surface area contributed by atoms with Crippen molar-refractivity contribution in [2.45, 2.75) is 56.4 Å². The van der Waals surface area contributed by atoms with Crippen LogP contribution in [0.15, 0.2) is 18.2 Å². The number of piperidine rings is 1. The minimum atomic E-state index is 0.312. The highest BCUT2D eigenvalue weighted by Crippen LogP contribution is 2.50. The second-order valence-electron chi connectivity index (χ2n) is 8.30. The average molecular weight is 332 g/mol. The largest absolute Gasteiger partial charge is 0.493 e. The van der Waals surface area contributed by atoms with Gasteiger partial charge in [-0.2, -0.15) is 0 Å². The molecule has 2 aliphatic heterocycles. The van der Waals surface area contributed by atoms with E-state index in [1.165, 1.54) is 57.2 Å². The summed E-state index contributed by atoms with van der Waals surface area (Å²) in [7, 11) is 0. The molecular weight excluding hydrogens is 306 g/mol. The molecule has 3 atom stereocenters. The van der Waals surface area contributed by atoms with E-state index in [1.54, 1.807) is 0 Å². The van der Waals surface area contributed by atoms with Crippen molar-refractivity contribution < 1.29 is 4.74 Å². The fraction of sp³-hybridized carbons (Fsp3) is 0.700. The first-order valence-electron chi connectivity index (χ1n) is 9.40. The third-order valence-electron chi connectivity index (χ3n) is 7.28. The monoisotopic (exact) mass is 331 g/mol. The molecule has 0 aromatic heterocycles. The fourth-order valence-electron chi connectivity index (χ4n) is 5.99. The molecular formula is C20H26ClNO. The summed E-state index contributed by atoms with van der Waals surface area (Å²) in [5.41, 5.74) is 1.69. The number of halogens is 1. The zero-order valence-electron chi connectivity index (χ0n) is 13.8. The van der Waals surface area contributed by atoms with Gasteiger partial charge >= 0.3 is 0 Å². The predicted molar refractivity (Wildman–Crippen MR) is 93.3 cm³/mol. The van der Waals surface area contributed by atoms with E-state index < -0.39 is 0 Å². The smallest absolute Gasteiger partial charge is 0.123 e. The van der Waals surface area contributed by atoms with E-state index >= 15 is 0 Å². The molecule has 0 radical (unpaired) electrons. The molecule has 1 saturated heterocycles. The summed E-state index contributed by atoms with van der Waals surface area (Å²) in [4.78, 5) is 2.83. The highest BCUT2D eigenvalue weighted by molar-refractivity contribution is 6.30. The molecule has 4 aliphatic rings. The molecule has 23 heavy (non-hydrogen) atoms. The Hall–Kier alpha value is -0.730. The van der Waals surface area contributed by atoms with Crippen molar-refractivity contribution in [2.24, 2.45) is 11.8 Å². The highest BCUT2D eigenvalue weighted by Gasteiger charge is 2.46. The Morgan fingerprint density at radius 2 is 1.96 bits per heavy atom.